The first kappa shape index (κ1) is 25.9. The predicted octanol–water partition coefficient (Wildman–Crippen LogP) is 3.68. The fourth-order valence-electron chi connectivity index (χ4n) is 3.96. The fourth-order valence-corrected chi connectivity index (χ4v) is 3.96. The lowest BCUT2D eigenvalue weighted by Crippen LogP contribution is -2.57. The second-order valence-corrected chi connectivity index (χ2v) is 8.01. The number of carbonyl (C=O) groups is 2. The van der Waals surface area contributed by atoms with Gasteiger partial charge in [-0.15, -0.1) is 0 Å². The minimum absolute atomic E-state index is 0.129. The molecule has 32 heavy (non-hydrogen) atoms. The molecular weight excluding hydrogens is 416 g/mol. The van der Waals surface area contributed by atoms with Crippen molar-refractivity contribution >= 4 is 11.9 Å². The van der Waals surface area contributed by atoms with Crippen molar-refractivity contribution in [3.8, 4) is 11.5 Å². The summed E-state index contributed by atoms with van der Waals surface area (Å²) < 4.78 is 33.7. The number of benzene rings is 1. The van der Waals surface area contributed by atoms with Crippen molar-refractivity contribution in [1.29, 1.82) is 0 Å². The Labute approximate surface area is 190 Å². The van der Waals surface area contributed by atoms with Crippen LogP contribution in [0.5, 0.6) is 11.5 Å². The molecule has 0 aromatic heterocycles. The smallest absolute Gasteiger partial charge is 0.303 e. The lowest BCUT2D eigenvalue weighted by molar-refractivity contribution is -0.290. The van der Waals surface area contributed by atoms with Crippen molar-refractivity contribution in [1.82, 2.24) is 0 Å². The van der Waals surface area contributed by atoms with Gasteiger partial charge in [0, 0.05) is 32.4 Å². The monoisotopic (exact) mass is 452 g/mol. The number of hydrogen-bond acceptors (Lipinski definition) is 8. The Balaban J connectivity index is 1.96. The number of carbonyl (C=O) groups excluding carboxylic acids is 2. The molecule has 0 saturated carbocycles. The standard InChI is InChI=1S/C24H36O8/c1-7-21-15(2)22(30-16(3)25)23(31-17(4)26)24(32-21)29-11-9-8-10-18-12-19(27-5)14-20(13-18)28-6/h12-15,21-24H,7-11H2,1-6H3/t15-,21-,22+,23-,24-/m1/s1. The highest BCUT2D eigenvalue weighted by Gasteiger charge is 2.47. The van der Waals surface area contributed by atoms with Crippen molar-refractivity contribution in [2.45, 2.75) is 78.0 Å². The Hall–Kier alpha value is -2.32. The number of aryl methyl sites for hydroxylation is 1. The summed E-state index contributed by atoms with van der Waals surface area (Å²) in [5.41, 5.74) is 1.11. The summed E-state index contributed by atoms with van der Waals surface area (Å²) in [6, 6.07) is 5.81. The van der Waals surface area contributed by atoms with Gasteiger partial charge in [-0.05, 0) is 43.4 Å². The summed E-state index contributed by atoms with van der Waals surface area (Å²) in [7, 11) is 3.26. The third-order valence-electron chi connectivity index (χ3n) is 5.57. The van der Waals surface area contributed by atoms with Crippen LogP contribution in [0, 0.1) is 5.92 Å². The van der Waals surface area contributed by atoms with E-state index in [0.29, 0.717) is 6.61 Å². The van der Waals surface area contributed by atoms with E-state index in [2.05, 4.69) is 0 Å². The van der Waals surface area contributed by atoms with Gasteiger partial charge in [-0.25, -0.2) is 0 Å². The van der Waals surface area contributed by atoms with Crippen LogP contribution in [0.1, 0.15) is 52.5 Å². The molecular formula is C24H36O8. The Morgan fingerprint density at radius 3 is 2.06 bits per heavy atom. The van der Waals surface area contributed by atoms with Gasteiger partial charge < -0.3 is 28.4 Å². The normalized spacial score (nSPS) is 25.1. The average molecular weight is 453 g/mol. The van der Waals surface area contributed by atoms with Crippen LogP contribution in [0.25, 0.3) is 0 Å². The van der Waals surface area contributed by atoms with Gasteiger partial charge in [-0.2, -0.15) is 0 Å². The highest BCUT2D eigenvalue weighted by molar-refractivity contribution is 5.67. The molecule has 1 saturated heterocycles. The quantitative estimate of drug-likeness (QED) is 0.371. The maximum atomic E-state index is 11.7. The van der Waals surface area contributed by atoms with Gasteiger partial charge in [0.05, 0.1) is 20.3 Å². The molecule has 1 aromatic rings. The summed E-state index contributed by atoms with van der Waals surface area (Å²) >= 11 is 0. The average Bonchev–Trinajstić information content (AvgIpc) is 2.76. The Bertz CT molecular complexity index is 727. The molecule has 0 bridgehead atoms. The van der Waals surface area contributed by atoms with Crippen molar-refractivity contribution in [2.75, 3.05) is 20.8 Å². The van der Waals surface area contributed by atoms with Crippen LogP contribution in [0.2, 0.25) is 0 Å². The van der Waals surface area contributed by atoms with Gasteiger partial charge in [-0.3, -0.25) is 9.59 Å². The maximum Gasteiger partial charge on any atom is 0.303 e. The molecule has 2 rings (SSSR count). The molecule has 0 unspecified atom stereocenters. The van der Waals surface area contributed by atoms with Gasteiger partial charge >= 0.3 is 11.9 Å². The van der Waals surface area contributed by atoms with E-state index < -0.39 is 30.4 Å². The third-order valence-corrected chi connectivity index (χ3v) is 5.57. The molecule has 180 valence electrons. The van der Waals surface area contributed by atoms with E-state index in [1.165, 1.54) is 13.8 Å². The first-order valence-electron chi connectivity index (χ1n) is 11.1. The molecule has 0 radical (unpaired) electrons. The van der Waals surface area contributed by atoms with Crippen molar-refractivity contribution in [2.24, 2.45) is 5.92 Å². The molecule has 1 aliphatic heterocycles. The maximum absolute atomic E-state index is 11.7. The number of esters is 2. The summed E-state index contributed by atoms with van der Waals surface area (Å²) in [6.07, 6.45) is 0.825. The van der Waals surface area contributed by atoms with Crippen molar-refractivity contribution in [3.05, 3.63) is 23.8 Å². The zero-order valence-corrected chi connectivity index (χ0v) is 19.9. The van der Waals surface area contributed by atoms with Crippen LogP contribution < -0.4 is 9.47 Å². The number of hydrogen-bond donors (Lipinski definition) is 0. The van der Waals surface area contributed by atoms with Crippen LogP contribution in [-0.4, -0.2) is 57.4 Å². The summed E-state index contributed by atoms with van der Waals surface area (Å²) in [4.78, 5) is 23.3. The summed E-state index contributed by atoms with van der Waals surface area (Å²) in [6.45, 7) is 7.01. The molecule has 8 nitrogen and oxygen atoms in total. The highest BCUT2D eigenvalue weighted by Crippen LogP contribution is 2.33. The van der Waals surface area contributed by atoms with Gasteiger partial charge in [0.2, 0.25) is 0 Å². The molecule has 1 fully saturated rings. The Kier molecular flexibility index (Phi) is 10.3. The SMILES string of the molecule is CC[C@H]1O[C@@H](OCCCCc2cc(OC)cc(OC)c2)[C@H](OC(C)=O)[C@@H](OC(C)=O)[C@@H]1C. The van der Waals surface area contributed by atoms with Crippen LogP contribution in [0.3, 0.4) is 0 Å². The van der Waals surface area contributed by atoms with Crippen LogP contribution in [-0.2, 0) is 35.0 Å². The zero-order chi connectivity index (χ0) is 23.7. The van der Waals surface area contributed by atoms with Crippen molar-refractivity contribution < 1.29 is 38.0 Å². The largest absolute Gasteiger partial charge is 0.497 e. The molecule has 1 aromatic carbocycles. The summed E-state index contributed by atoms with van der Waals surface area (Å²) in [5.74, 6) is 0.483. The van der Waals surface area contributed by atoms with E-state index in [-0.39, 0.29) is 12.0 Å². The molecule has 1 aliphatic rings. The predicted molar refractivity (Wildman–Crippen MR) is 118 cm³/mol. The van der Waals surface area contributed by atoms with E-state index in [4.69, 9.17) is 28.4 Å². The minimum atomic E-state index is -0.808. The van der Waals surface area contributed by atoms with E-state index in [1.54, 1.807) is 14.2 Å². The Morgan fingerprint density at radius 2 is 1.53 bits per heavy atom. The van der Waals surface area contributed by atoms with Gasteiger partial charge in [0.15, 0.2) is 12.4 Å². The van der Waals surface area contributed by atoms with Crippen LogP contribution in [0.15, 0.2) is 18.2 Å². The van der Waals surface area contributed by atoms with Gasteiger partial charge in [0.1, 0.15) is 17.6 Å². The van der Waals surface area contributed by atoms with E-state index in [0.717, 1.165) is 42.7 Å². The Morgan fingerprint density at radius 1 is 0.938 bits per heavy atom. The first-order chi connectivity index (χ1) is 15.3. The van der Waals surface area contributed by atoms with Crippen LogP contribution >= 0.6 is 0 Å². The second-order valence-electron chi connectivity index (χ2n) is 8.01. The molecule has 1 heterocycles. The molecule has 0 N–H and O–H groups in total. The van der Waals surface area contributed by atoms with E-state index in [9.17, 15) is 9.59 Å². The number of ether oxygens (including phenoxy) is 6. The van der Waals surface area contributed by atoms with Gasteiger partial charge in [0.25, 0.3) is 0 Å². The van der Waals surface area contributed by atoms with Crippen LogP contribution in [0.4, 0.5) is 0 Å². The lowest BCUT2D eigenvalue weighted by atomic mass is 9.89. The molecule has 8 heteroatoms. The zero-order valence-electron chi connectivity index (χ0n) is 19.9. The molecule has 5 atom stereocenters. The molecule has 0 amide bonds. The fraction of sp³-hybridized carbons (Fsp3) is 0.667. The lowest BCUT2D eigenvalue weighted by Gasteiger charge is -2.43. The van der Waals surface area contributed by atoms with E-state index in [1.807, 2.05) is 32.0 Å². The number of rotatable bonds is 11. The van der Waals surface area contributed by atoms with Crippen molar-refractivity contribution in [3.63, 3.8) is 0 Å². The number of unbranched alkanes of at least 4 members (excludes halogenated alkanes) is 1. The molecule has 0 spiro atoms. The van der Waals surface area contributed by atoms with E-state index >= 15 is 0 Å². The molecule has 0 aliphatic carbocycles. The summed E-state index contributed by atoms with van der Waals surface area (Å²) in [5, 5.41) is 0. The third kappa shape index (κ3) is 7.38. The minimum Gasteiger partial charge on any atom is -0.497 e. The number of methoxy groups -OCH3 is 2. The first-order valence-corrected chi connectivity index (χ1v) is 11.1. The topological polar surface area (TPSA) is 89.5 Å². The second kappa shape index (κ2) is 12.6. The van der Waals surface area contributed by atoms with Gasteiger partial charge in [-0.1, -0.05) is 13.8 Å². The highest BCUT2D eigenvalue weighted by atomic mass is 16.7.